The summed E-state index contributed by atoms with van der Waals surface area (Å²) >= 11 is 0. The molecule has 0 aliphatic carbocycles. The lowest BCUT2D eigenvalue weighted by atomic mass is 9.86. The molecule has 0 spiro atoms. The van der Waals surface area contributed by atoms with Crippen molar-refractivity contribution in [2.24, 2.45) is 5.92 Å². The van der Waals surface area contributed by atoms with E-state index in [9.17, 15) is 13.6 Å². The van der Waals surface area contributed by atoms with Crippen LogP contribution in [0.3, 0.4) is 0 Å². The Morgan fingerprint density at radius 2 is 1.02 bits per heavy atom. The summed E-state index contributed by atoms with van der Waals surface area (Å²) in [6.45, 7) is 21.6. The molecule has 0 N–H and O–H groups in total. The van der Waals surface area contributed by atoms with Gasteiger partial charge in [-0.3, -0.25) is 14.6 Å². The van der Waals surface area contributed by atoms with Gasteiger partial charge < -0.3 is 4.90 Å². The van der Waals surface area contributed by atoms with Crippen LogP contribution in [0.5, 0.6) is 0 Å². The van der Waals surface area contributed by atoms with Crippen LogP contribution >= 0.6 is 0 Å². The summed E-state index contributed by atoms with van der Waals surface area (Å²) in [7, 11) is 0. The standard InChI is InChI=1S/C45H57F2N3O/c1-32(2)29-41(50(30-33-9-17-37(18-10-33)44(3,4)5)31-34-11-19-38(20-12-34)45(6,7)8)43(51)49-27-25-48(26-28-49)42(35-13-21-39(46)22-14-35)36-15-23-40(47)24-16-36/h9-24,32,41-42H,25-31H2,1-8H3/t41-/m0/s1. The van der Waals surface area contributed by atoms with Gasteiger partial charge in [0.2, 0.25) is 5.91 Å². The minimum Gasteiger partial charge on any atom is -0.339 e. The average molecular weight is 694 g/mol. The van der Waals surface area contributed by atoms with Crippen molar-refractivity contribution in [3.63, 3.8) is 0 Å². The molecule has 4 nitrogen and oxygen atoms in total. The normalized spacial score (nSPS) is 15.2. The van der Waals surface area contributed by atoms with Crippen LogP contribution < -0.4 is 0 Å². The first kappa shape index (κ1) is 38.4. The van der Waals surface area contributed by atoms with Crippen LogP contribution in [0.2, 0.25) is 0 Å². The Morgan fingerprint density at radius 3 is 1.37 bits per heavy atom. The summed E-state index contributed by atoms with van der Waals surface area (Å²) < 4.78 is 27.8. The molecule has 51 heavy (non-hydrogen) atoms. The zero-order valence-electron chi connectivity index (χ0n) is 31.9. The molecular weight excluding hydrogens is 637 g/mol. The van der Waals surface area contributed by atoms with Crippen molar-refractivity contribution >= 4 is 5.91 Å². The Hall–Kier alpha value is -3.87. The van der Waals surface area contributed by atoms with E-state index in [4.69, 9.17) is 0 Å². The van der Waals surface area contributed by atoms with Crippen LogP contribution in [0.1, 0.15) is 101 Å². The van der Waals surface area contributed by atoms with Crippen LogP contribution in [-0.4, -0.2) is 52.8 Å². The van der Waals surface area contributed by atoms with E-state index in [-0.39, 0.29) is 40.5 Å². The Kier molecular flexibility index (Phi) is 12.2. The number of benzene rings is 4. The molecule has 1 atom stereocenters. The Morgan fingerprint density at radius 1 is 0.627 bits per heavy atom. The fourth-order valence-electron chi connectivity index (χ4n) is 7.13. The molecule has 1 heterocycles. The van der Waals surface area contributed by atoms with Gasteiger partial charge in [-0.2, -0.15) is 0 Å². The van der Waals surface area contributed by atoms with E-state index in [1.54, 1.807) is 24.3 Å². The summed E-state index contributed by atoms with van der Waals surface area (Å²) in [5.74, 6) is -0.0807. The Bertz CT molecular complexity index is 1590. The smallest absolute Gasteiger partial charge is 0.240 e. The van der Waals surface area contributed by atoms with Gasteiger partial charge in [-0.1, -0.05) is 128 Å². The van der Waals surface area contributed by atoms with E-state index >= 15 is 0 Å². The van der Waals surface area contributed by atoms with Crippen molar-refractivity contribution in [3.05, 3.63) is 142 Å². The maximum Gasteiger partial charge on any atom is 0.240 e. The van der Waals surface area contributed by atoms with Crippen molar-refractivity contribution in [1.29, 1.82) is 0 Å². The molecular formula is C45H57F2N3O. The van der Waals surface area contributed by atoms with E-state index in [2.05, 4.69) is 114 Å². The highest BCUT2D eigenvalue weighted by molar-refractivity contribution is 5.82. The number of halogens is 2. The van der Waals surface area contributed by atoms with Crippen LogP contribution in [-0.2, 0) is 28.7 Å². The van der Waals surface area contributed by atoms with Crippen LogP contribution in [0.4, 0.5) is 8.78 Å². The van der Waals surface area contributed by atoms with Gasteiger partial charge in [-0.05, 0) is 80.8 Å². The number of piperazine rings is 1. The number of carbonyl (C=O) groups is 1. The predicted molar refractivity (Wildman–Crippen MR) is 206 cm³/mol. The lowest BCUT2D eigenvalue weighted by molar-refractivity contribution is -0.140. The highest BCUT2D eigenvalue weighted by atomic mass is 19.1. The molecule has 0 bridgehead atoms. The molecule has 1 saturated heterocycles. The largest absolute Gasteiger partial charge is 0.339 e. The summed E-state index contributed by atoms with van der Waals surface area (Å²) in [4.78, 5) is 21.4. The molecule has 1 amide bonds. The second kappa shape index (κ2) is 16.2. The van der Waals surface area contributed by atoms with Crippen molar-refractivity contribution in [2.45, 2.75) is 97.8 Å². The fraction of sp³-hybridized carbons (Fsp3) is 0.444. The lowest BCUT2D eigenvalue weighted by Gasteiger charge is -2.42. The van der Waals surface area contributed by atoms with Gasteiger partial charge in [-0.25, -0.2) is 8.78 Å². The van der Waals surface area contributed by atoms with Gasteiger partial charge in [-0.15, -0.1) is 0 Å². The second-order valence-electron chi connectivity index (χ2n) is 16.8. The third-order valence-electron chi connectivity index (χ3n) is 10.2. The molecule has 1 aliphatic rings. The highest BCUT2D eigenvalue weighted by Crippen LogP contribution is 2.31. The Labute approximate surface area is 305 Å². The van der Waals surface area contributed by atoms with Crippen LogP contribution in [0, 0.1) is 17.6 Å². The van der Waals surface area contributed by atoms with Gasteiger partial charge in [0.25, 0.3) is 0 Å². The zero-order valence-corrected chi connectivity index (χ0v) is 31.9. The molecule has 0 unspecified atom stereocenters. The number of nitrogens with zero attached hydrogens (tertiary/aromatic N) is 3. The number of hydrogen-bond acceptors (Lipinski definition) is 3. The van der Waals surface area contributed by atoms with Crippen molar-refractivity contribution < 1.29 is 13.6 Å². The van der Waals surface area contributed by atoms with Crippen molar-refractivity contribution in [1.82, 2.24) is 14.7 Å². The molecule has 6 heteroatoms. The van der Waals surface area contributed by atoms with Crippen molar-refractivity contribution in [2.75, 3.05) is 26.2 Å². The average Bonchev–Trinajstić information content (AvgIpc) is 3.08. The molecule has 1 aliphatic heterocycles. The maximum atomic E-state index is 14.7. The molecule has 0 saturated carbocycles. The molecule has 1 fully saturated rings. The van der Waals surface area contributed by atoms with E-state index in [0.29, 0.717) is 45.2 Å². The van der Waals surface area contributed by atoms with Gasteiger partial charge in [0.05, 0.1) is 12.1 Å². The van der Waals surface area contributed by atoms with Gasteiger partial charge in [0.1, 0.15) is 11.6 Å². The quantitative estimate of drug-likeness (QED) is 0.157. The number of carbonyl (C=O) groups excluding carboxylic acids is 1. The minimum absolute atomic E-state index is 0.0672. The van der Waals surface area contributed by atoms with Gasteiger partial charge in [0, 0.05) is 39.3 Å². The number of hydrogen-bond donors (Lipinski definition) is 0. The maximum absolute atomic E-state index is 14.7. The molecule has 5 rings (SSSR count). The third kappa shape index (κ3) is 10.1. The fourth-order valence-corrected chi connectivity index (χ4v) is 7.13. The summed E-state index contributed by atoms with van der Waals surface area (Å²) in [5.41, 5.74) is 7.01. The molecule has 0 aromatic heterocycles. The summed E-state index contributed by atoms with van der Waals surface area (Å²) in [6.07, 6.45) is 0.757. The molecule has 4 aromatic rings. The minimum atomic E-state index is -0.289. The summed E-state index contributed by atoms with van der Waals surface area (Å²) in [6, 6.07) is 30.4. The van der Waals surface area contributed by atoms with Gasteiger partial charge in [0.15, 0.2) is 0 Å². The van der Waals surface area contributed by atoms with Crippen LogP contribution in [0.25, 0.3) is 0 Å². The highest BCUT2D eigenvalue weighted by Gasteiger charge is 2.34. The second-order valence-corrected chi connectivity index (χ2v) is 16.8. The third-order valence-corrected chi connectivity index (χ3v) is 10.2. The van der Waals surface area contributed by atoms with Crippen molar-refractivity contribution in [3.8, 4) is 0 Å². The first-order valence-electron chi connectivity index (χ1n) is 18.5. The zero-order chi connectivity index (χ0) is 36.9. The van der Waals surface area contributed by atoms with E-state index < -0.39 is 0 Å². The monoisotopic (exact) mass is 693 g/mol. The SMILES string of the molecule is CC(C)C[C@@H](C(=O)N1CCN(C(c2ccc(F)cc2)c2ccc(F)cc2)CC1)N(Cc1ccc(C(C)(C)C)cc1)Cc1ccc(C(C)(C)C)cc1. The predicted octanol–water partition coefficient (Wildman–Crippen LogP) is 9.91. The topological polar surface area (TPSA) is 26.8 Å². The first-order valence-corrected chi connectivity index (χ1v) is 18.5. The van der Waals surface area contributed by atoms with Gasteiger partial charge >= 0.3 is 0 Å². The molecule has 0 radical (unpaired) electrons. The number of rotatable bonds is 11. The van der Waals surface area contributed by atoms with E-state index in [1.165, 1.54) is 46.5 Å². The van der Waals surface area contributed by atoms with Crippen LogP contribution in [0.15, 0.2) is 97.1 Å². The van der Waals surface area contributed by atoms with E-state index in [1.807, 2.05) is 4.90 Å². The molecule has 4 aromatic carbocycles. The Balaban J connectivity index is 1.40. The first-order chi connectivity index (χ1) is 24.1. The number of amides is 1. The summed E-state index contributed by atoms with van der Waals surface area (Å²) in [5, 5.41) is 0. The lowest BCUT2D eigenvalue weighted by Crippen LogP contribution is -2.55. The molecule has 272 valence electrons. The van der Waals surface area contributed by atoms with E-state index in [0.717, 1.165) is 17.5 Å².